The van der Waals surface area contributed by atoms with Gasteiger partial charge in [-0.15, -0.1) is 0 Å². The summed E-state index contributed by atoms with van der Waals surface area (Å²) in [6, 6.07) is 18.1. The van der Waals surface area contributed by atoms with Gasteiger partial charge in [0, 0.05) is 49.7 Å². The zero-order chi connectivity index (χ0) is 29.3. The highest BCUT2D eigenvalue weighted by Gasteiger charge is 2.39. The number of piperazine rings is 1. The lowest BCUT2D eigenvalue weighted by Gasteiger charge is -2.36. The summed E-state index contributed by atoms with van der Waals surface area (Å²) in [5, 5.41) is 25.7. The van der Waals surface area contributed by atoms with E-state index in [2.05, 4.69) is 12.0 Å². The molecule has 2 fully saturated rings. The van der Waals surface area contributed by atoms with Gasteiger partial charge in [0.1, 0.15) is 5.69 Å². The molecule has 1 saturated carbocycles. The van der Waals surface area contributed by atoms with Crippen molar-refractivity contribution in [3.8, 4) is 17.1 Å². The predicted molar refractivity (Wildman–Crippen MR) is 162 cm³/mol. The highest BCUT2D eigenvalue weighted by atomic mass is 32.2. The van der Waals surface area contributed by atoms with E-state index in [4.69, 9.17) is 4.74 Å². The average molecular weight is 590 g/mol. The van der Waals surface area contributed by atoms with Gasteiger partial charge >= 0.3 is 5.56 Å². The SMILES string of the molecule is CC1(COc2c(N3CCN(S(=O)Cc4cc(-n5cccc5)ccc4N([O-])O)CC3)cnn(-c3ccccc3)c2=O)CC1. The Bertz CT molecular complexity index is 1610. The van der Waals surface area contributed by atoms with Crippen LogP contribution in [0.2, 0.25) is 0 Å². The van der Waals surface area contributed by atoms with Crippen molar-refractivity contribution in [1.82, 2.24) is 18.7 Å². The lowest BCUT2D eigenvalue weighted by molar-refractivity contribution is 0.242. The number of rotatable bonds is 10. The number of anilines is 2. The summed E-state index contributed by atoms with van der Waals surface area (Å²) in [6.07, 6.45) is 7.56. The Balaban J connectivity index is 1.18. The quantitative estimate of drug-likeness (QED) is 0.277. The molecule has 1 aliphatic heterocycles. The van der Waals surface area contributed by atoms with Crippen LogP contribution in [-0.2, 0) is 16.7 Å². The van der Waals surface area contributed by atoms with Gasteiger partial charge in [0.25, 0.3) is 0 Å². The molecule has 0 amide bonds. The summed E-state index contributed by atoms with van der Waals surface area (Å²) >= 11 is 0. The second-order valence-corrected chi connectivity index (χ2v) is 12.5. The Hall–Kier alpha value is -3.97. The standard InChI is InChI=1S/C30H33N6O5S/c1-30(11-12-30)22-41-28-27(20-31-35(29(28)37)24-7-3-2-4-8-24)33-15-17-34(18-16-33)42(40)21-23-19-25(32-13-5-6-14-32)9-10-26(23)36(38)39/h2-10,13-14,19-20,38H,11-12,15-18,21-22H2,1H3/q-1. The predicted octanol–water partition coefficient (Wildman–Crippen LogP) is 3.88. The molecule has 6 rings (SSSR count). The van der Waals surface area contributed by atoms with E-state index in [0.29, 0.717) is 49.7 Å². The highest BCUT2D eigenvalue weighted by Crippen LogP contribution is 2.45. The molecule has 3 heterocycles. The van der Waals surface area contributed by atoms with Crippen LogP contribution in [0.1, 0.15) is 25.3 Å². The van der Waals surface area contributed by atoms with Gasteiger partial charge in [0.15, 0.2) is 0 Å². The first kappa shape index (κ1) is 28.2. The fourth-order valence-corrected chi connectivity index (χ4v) is 6.30. The minimum atomic E-state index is -1.45. The monoisotopic (exact) mass is 589 g/mol. The van der Waals surface area contributed by atoms with Crippen molar-refractivity contribution in [2.24, 2.45) is 5.41 Å². The summed E-state index contributed by atoms with van der Waals surface area (Å²) in [5.74, 6) is 0.354. The molecular formula is C30H33N6O5S-. The van der Waals surface area contributed by atoms with Gasteiger partial charge in [-0.05, 0) is 60.9 Å². The van der Waals surface area contributed by atoms with Crippen LogP contribution in [0.3, 0.4) is 0 Å². The Morgan fingerprint density at radius 3 is 2.40 bits per heavy atom. The molecule has 1 N–H and O–H groups in total. The fraction of sp³-hybridized carbons (Fsp3) is 0.333. The number of aromatic nitrogens is 3. The Kier molecular flexibility index (Phi) is 7.86. The zero-order valence-electron chi connectivity index (χ0n) is 23.3. The van der Waals surface area contributed by atoms with Crippen molar-refractivity contribution in [3.63, 3.8) is 0 Å². The van der Waals surface area contributed by atoms with Gasteiger partial charge in [-0.1, -0.05) is 25.1 Å². The molecule has 1 unspecified atom stereocenters. The van der Waals surface area contributed by atoms with Crippen molar-refractivity contribution in [2.45, 2.75) is 25.5 Å². The van der Waals surface area contributed by atoms with E-state index in [1.165, 1.54) is 10.7 Å². The molecule has 2 aromatic carbocycles. The molecule has 42 heavy (non-hydrogen) atoms. The molecular weight excluding hydrogens is 556 g/mol. The normalized spacial score (nSPS) is 17.2. The minimum Gasteiger partial charge on any atom is -0.733 e. The van der Waals surface area contributed by atoms with Gasteiger partial charge in [0.05, 0.1) is 40.9 Å². The van der Waals surface area contributed by atoms with Gasteiger partial charge in [-0.3, -0.25) is 10.0 Å². The highest BCUT2D eigenvalue weighted by molar-refractivity contribution is 7.81. The summed E-state index contributed by atoms with van der Waals surface area (Å²) in [7, 11) is -1.45. The zero-order valence-corrected chi connectivity index (χ0v) is 24.2. The number of benzene rings is 2. The van der Waals surface area contributed by atoms with E-state index >= 15 is 0 Å². The van der Waals surface area contributed by atoms with Crippen molar-refractivity contribution < 1.29 is 14.2 Å². The minimum absolute atomic E-state index is 0.0640. The van der Waals surface area contributed by atoms with Crippen molar-refractivity contribution >= 4 is 22.4 Å². The summed E-state index contributed by atoms with van der Waals surface area (Å²) in [5.41, 5.74) is 2.42. The van der Waals surface area contributed by atoms with E-state index in [-0.39, 0.29) is 33.4 Å². The van der Waals surface area contributed by atoms with Crippen LogP contribution in [0.15, 0.2) is 84.0 Å². The van der Waals surface area contributed by atoms with Crippen LogP contribution < -0.4 is 20.4 Å². The van der Waals surface area contributed by atoms with Crippen LogP contribution in [-0.4, -0.2) is 60.9 Å². The Morgan fingerprint density at radius 2 is 1.74 bits per heavy atom. The second-order valence-electron chi connectivity index (χ2n) is 11.1. The first-order chi connectivity index (χ1) is 20.3. The Labute approximate surface area is 246 Å². The molecule has 220 valence electrons. The first-order valence-electron chi connectivity index (χ1n) is 13.9. The van der Waals surface area contributed by atoms with E-state index in [1.54, 1.807) is 18.3 Å². The average Bonchev–Trinajstić information content (AvgIpc) is 3.48. The molecule has 1 aliphatic carbocycles. The molecule has 12 heteroatoms. The number of para-hydroxylation sites is 1. The van der Waals surface area contributed by atoms with E-state index < -0.39 is 11.0 Å². The molecule has 0 radical (unpaired) electrons. The fourth-order valence-electron chi connectivity index (χ4n) is 5.05. The third-order valence-electron chi connectivity index (χ3n) is 7.90. The van der Waals surface area contributed by atoms with Crippen LogP contribution in [0, 0.1) is 10.6 Å². The maximum absolute atomic E-state index is 13.6. The van der Waals surface area contributed by atoms with Gasteiger partial charge in [-0.25, -0.2) is 8.51 Å². The maximum atomic E-state index is 13.6. The summed E-state index contributed by atoms with van der Waals surface area (Å²) in [6.45, 7) is 4.58. The van der Waals surface area contributed by atoms with E-state index in [9.17, 15) is 19.4 Å². The second kappa shape index (κ2) is 11.7. The molecule has 11 nitrogen and oxygen atoms in total. The van der Waals surface area contributed by atoms with Crippen LogP contribution in [0.4, 0.5) is 11.4 Å². The van der Waals surface area contributed by atoms with Crippen molar-refractivity contribution in [2.75, 3.05) is 42.9 Å². The first-order valence-corrected chi connectivity index (χ1v) is 15.2. The lowest BCUT2D eigenvalue weighted by atomic mass is 10.2. The molecule has 2 aliphatic rings. The third-order valence-corrected chi connectivity index (χ3v) is 9.40. The van der Waals surface area contributed by atoms with E-state index in [0.717, 1.165) is 18.5 Å². The Morgan fingerprint density at radius 1 is 1.02 bits per heavy atom. The number of ether oxygens (including phenoxy) is 1. The van der Waals surface area contributed by atoms with Gasteiger partial charge in [0.2, 0.25) is 5.75 Å². The van der Waals surface area contributed by atoms with Crippen LogP contribution in [0.5, 0.6) is 5.75 Å². The number of hydrogen-bond donors (Lipinski definition) is 1. The number of nitrogens with zero attached hydrogens (tertiary/aromatic N) is 6. The largest absolute Gasteiger partial charge is 0.733 e. The van der Waals surface area contributed by atoms with Crippen molar-refractivity contribution in [1.29, 1.82) is 0 Å². The summed E-state index contributed by atoms with van der Waals surface area (Å²) < 4.78 is 24.7. The molecule has 1 atom stereocenters. The number of hydrogen-bond acceptors (Lipinski definition) is 8. The van der Waals surface area contributed by atoms with Crippen molar-refractivity contribution in [3.05, 3.63) is 100 Å². The van der Waals surface area contributed by atoms with Crippen LogP contribution >= 0.6 is 0 Å². The topological polar surface area (TPSA) is 119 Å². The van der Waals surface area contributed by atoms with Gasteiger partial charge < -0.3 is 24.6 Å². The molecule has 1 saturated heterocycles. The molecule has 0 spiro atoms. The lowest BCUT2D eigenvalue weighted by Crippen LogP contribution is -2.47. The summed E-state index contributed by atoms with van der Waals surface area (Å²) in [4.78, 5) is 15.6. The maximum Gasteiger partial charge on any atom is 0.316 e. The molecule has 2 aromatic heterocycles. The van der Waals surface area contributed by atoms with Crippen LogP contribution in [0.25, 0.3) is 11.4 Å². The smallest absolute Gasteiger partial charge is 0.316 e. The molecule has 0 bridgehead atoms. The van der Waals surface area contributed by atoms with Gasteiger partial charge in [-0.2, -0.15) is 9.78 Å². The third kappa shape index (κ3) is 5.97. The molecule has 4 aromatic rings. The van der Waals surface area contributed by atoms with E-state index in [1.807, 2.05) is 68.6 Å².